The van der Waals surface area contributed by atoms with Gasteiger partial charge in [0.25, 0.3) is 0 Å². The fraction of sp³-hybridized carbons (Fsp3) is 0.533. The van der Waals surface area contributed by atoms with Gasteiger partial charge in [-0.25, -0.2) is 4.79 Å². The molecule has 1 fully saturated rings. The second kappa shape index (κ2) is 7.14. The van der Waals surface area contributed by atoms with E-state index in [0.717, 1.165) is 37.4 Å². The zero-order chi connectivity index (χ0) is 14.4. The lowest BCUT2D eigenvalue weighted by Gasteiger charge is -2.29. The molecule has 0 aromatic heterocycles. The van der Waals surface area contributed by atoms with Crippen molar-refractivity contribution in [2.75, 3.05) is 32.1 Å². The van der Waals surface area contributed by atoms with Crippen molar-refractivity contribution < 1.29 is 9.53 Å². The molecule has 20 heavy (non-hydrogen) atoms. The maximum atomic E-state index is 11.9. The van der Waals surface area contributed by atoms with E-state index in [2.05, 4.69) is 22.6 Å². The van der Waals surface area contributed by atoms with Crippen molar-refractivity contribution >= 4 is 11.7 Å². The van der Waals surface area contributed by atoms with Crippen LogP contribution in [0, 0.1) is 0 Å². The van der Waals surface area contributed by atoms with Crippen LogP contribution < -0.4 is 15.4 Å². The number of hydrogen-bond acceptors (Lipinski definition) is 3. The van der Waals surface area contributed by atoms with Crippen LogP contribution in [0.5, 0.6) is 5.75 Å². The van der Waals surface area contributed by atoms with Crippen molar-refractivity contribution in [2.45, 2.75) is 25.8 Å². The Morgan fingerprint density at radius 2 is 1.95 bits per heavy atom. The molecule has 0 aliphatic carbocycles. The minimum Gasteiger partial charge on any atom is -0.494 e. The first-order valence-electron chi connectivity index (χ1n) is 7.16. The van der Waals surface area contributed by atoms with E-state index in [1.807, 2.05) is 31.2 Å². The van der Waals surface area contributed by atoms with Gasteiger partial charge in [0.2, 0.25) is 0 Å². The molecule has 1 aromatic rings. The molecule has 0 bridgehead atoms. The number of nitrogens with one attached hydrogen (secondary N) is 2. The van der Waals surface area contributed by atoms with E-state index in [4.69, 9.17) is 4.74 Å². The van der Waals surface area contributed by atoms with E-state index in [9.17, 15) is 4.79 Å². The average molecular weight is 277 g/mol. The first kappa shape index (κ1) is 14.7. The fourth-order valence-corrected chi connectivity index (χ4v) is 2.31. The summed E-state index contributed by atoms with van der Waals surface area (Å²) in [7, 11) is 2.11. The Balaban J connectivity index is 1.79. The highest BCUT2D eigenvalue weighted by molar-refractivity contribution is 5.89. The highest BCUT2D eigenvalue weighted by Crippen LogP contribution is 2.15. The Hall–Kier alpha value is -1.75. The van der Waals surface area contributed by atoms with Crippen molar-refractivity contribution in [1.29, 1.82) is 0 Å². The zero-order valence-corrected chi connectivity index (χ0v) is 12.2. The van der Waals surface area contributed by atoms with Crippen LogP contribution in [-0.4, -0.2) is 43.7 Å². The van der Waals surface area contributed by atoms with Crippen LogP contribution in [0.1, 0.15) is 19.8 Å². The van der Waals surface area contributed by atoms with E-state index in [0.29, 0.717) is 6.61 Å². The SMILES string of the molecule is CCOc1ccc(NC(=O)NC2CCN(C)CC2)cc1. The van der Waals surface area contributed by atoms with E-state index in [1.165, 1.54) is 0 Å². The van der Waals surface area contributed by atoms with Crippen molar-refractivity contribution in [1.82, 2.24) is 10.2 Å². The molecule has 5 nitrogen and oxygen atoms in total. The van der Waals surface area contributed by atoms with Gasteiger partial charge < -0.3 is 20.3 Å². The Bertz CT molecular complexity index is 425. The summed E-state index contributed by atoms with van der Waals surface area (Å²) >= 11 is 0. The molecule has 0 radical (unpaired) electrons. The maximum absolute atomic E-state index is 11.9. The zero-order valence-electron chi connectivity index (χ0n) is 12.2. The lowest BCUT2D eigenvalue weighted by molar-refractivity contribution is 0.221. The number of anilines is 1. The number of urea groups is 1. The molecule has 1 saturated heterocycles. The number of piperidine rings is 1. The summed E-state index contributed by atoms with van der Waals surface area (Å²) in [5.41, 5.74) is 0.777. The summed E-state index contributed by atoms with van der Waals surface area (Å²) in [6.45, 7) is 4.66. The molecule has 1 aliphatic heterocycles. The van der Waals surface area contributed by atoms with Gasteiger partial charge in [-0.2, -0.15) is 0 Å². The van der Waals surface area contributed by atoms with E-state index in [-0.39, 0.29) is 12.1 Å². The molecule has 1 heterocycles. The number of hydrogen-bond donors (Lipinski definition) is 2. The Morgan fingerprint density at radius 3 is 2.55 bits per heavy atom. The van der Waals surface area contributed by atoms with Crippen molar-refractivity contribution in [3.8, 4) is 5.75 Å². The summed E-state index contributed by atoms with van der Waals surface area (Å²) < 4.78 is 5.36. The number of amides is 2. The molecule has 0 atom stereocenters. The molecule has 110 valence electrons. The Labute approximate surface area is 120 Å². The van der Waals surface area contributed by atoms with Crippen molar-refractivity contribution in [3.63, 3.8) is 0 Å². The lowest BCUT2D eigenvalue weighted by atomic mass is 10.1. The van der Waals surface area contributed by atoms with Crippen LogP contribution in [0.15, 0.2) is 24.3 Å². The van der Waals surface area contributed by atoms with Gasteiger partial charge in [-0.3, -0.25) is 0 Å². The van der Waals surface area contributed by atoms with Crippen LogP contribution in [-0.2, 0) is 0 Å². The maximum Gasteiger partial charge on any atom is 0.319 e. The number of rotatable bonds is 4. The normalized spacial score (nSPS) is 16.7. The summed E-state index contributed by atoms with van der Waals surface area (Å²) in [5, 5.41) is 5.87. The van der Waals surface area contributed by atoms with Crippen LogP contribution in [0.2, 0.25) is 0 Å². The van der Waals surface area contributed by atoms with Crippen LogP contribution in [0.25, 0.3) is 0 Å². The highest BCUT2D eigenvalue weighted by Gasteiger charge is 2.18. The third-order valence-corrected chi connectivity index (χ3v) is 3.48. The van der Waals surface area contributed by atoms with Gasteiger partial charge in [-0.05, 0) is 64.2 Å². The van der Waals surface area contributed by atoms with Crippen molar-refractivity contribution in [3.05, 3.63) is 24.3 Å². The molecule has 0 unspecified atom stereocenters. The molecule has 0 spiro atoms. The fourth-order valence-electron chi connectivity index (χ4n) is 2.31. The molecule has 2 N–H and O–H groups in total. The molecular formula is C15H23N3O2. The number of carbonyl (C=O) groups excluding carboxylic acids is 1. The predicted molar refractivity (Wildman–Crippen MR) is 80.3 cm³/mol. The van der Waals surface area contributed by atoms with Crippen LogP contribution in [0.3, 0.4) is 0 Å². The minimum atomic E-state index is -0.135. The standard InChI is InChI=1S/C15H23N3O2/c1-3-20-14-6-4-12(5-7-14)16-15(19)17-13-8-10-18(2)11-9-13/h4-7,13H,3,8-11H2,1-2H3,(H2,16,17,19). The average Bonchev–Trinajstić information content (AvgIpc) is 2.44. The Kier molecular flexibility index (Phi) is 5.24. The molecule has 2 rings (SSSR count). The van der Waals surface area contributed by atoms with Crippen LogP contribution >= 0.6 is 0 Å². The van der Waals surface area contributed by atoms with Gasteiger partial charge >= 0.3 is 6.03 Å². The lowest BCUT2D eigenvalue weighted by Crippen LogP contribution is -2.44. The van der Waals surface area contributed by atoms with Gasteiger partial charge in [-0.1, -0.05) is 0 Å². The summed E-state index contributed by atoms with van der Waals surface area (Å²) in [6.07, 6.45) is 2.01. The monoisotopic (exact) mass is 277 g/mol. The smallest absolute Gasteiger partial charge is 0.319 e. The quantitative estimate of drug-likeness (QED) is 0.888. The number of likely N-dealkylation sites (tertiary alicyclic amines) is 1. The molecular weight excluding hydrogens is 254 g/mol. The molecule has 1 aliphatic rings. The predicted octanol–water partition coefficient (Wildman–Crippen LogP) is 2.30. The number of benzene rings is 1. The van der Waals surface area contributed by atoms with E-state index >= 15 is 0 Å². The molecule has 1 aromatic carbocycles. The topological polar surface area (TPSA) is 53.6 Å². The molecule has 0 saturated carbocycles. The van der Waals surface area contributed by atoms with Gasteiger partial charge in [0.1, 0.15) is 5.75 Å². The van der Waals surface area contributed by atoms with Gasteiger partial charge in [0.05, 0.1) is 6.61 Å². The Morgan fingerprint density at radius 1 is 1.30 bits per heavy atom. The second-order valence-corrected chi connectivity index (χ2v) is 5.13. The first-order chi connectivity index (χ1) is 9.67. The summed E-state index contributed by atoms with van der Waals surface area (Å²) in [6, 6.07) is 7.54. The van der Waals surface area contributed by atoms with Gasteiger partial charge in [0, 0.05) is 11.7 Å². The molecule has 5 heteroatoms. The summed E-state index contributed by atoms with van der Waals surface area (Å²) in [4.78, 5) is 14.2. The highest BCUT2D eigenvalue weighted by atomic mass is 16.5. The van der Waals surface area contributed by atoms with Crippen LogP contribution in [0.4, 0.5) is 10.5 Å². The minimum absolute atomic E-state index is 0.135. The number of nitrogens with zero attached hydrogens (tertiary/aromatic N) is 1. The largest absolute Gasteiger partial charge is 0.494 e. The third-order valence-electron chi connectivity index (χ3n) is 3.48. The third kappa shape index (κ3) is 4.42. The molecule has 2 amide bonds. The first-order valence-corrected chi connectivity index (χ1v) is 7.16. The van der Waals surface area contributed by atoms with Gasteiger partial charge in [0.15, 0.2) is 0 Å². The van der Waals surface area contributed by atoms with E-state index in [1.54, 1.807) is 0 Å². The number of carbonyl (C=O) groups is 1. The number of ether oxygens (including phenoxy) is 1. The van der Waals surface area contributed by atoms with Crippen molar-refractivity contribution in [2.24, 2.45) is 0 Å². The second-order valence-electron chi connectivity index (χ2n) is 5.13. The van der Waals surface area contributed by atoms with E-state index < -0.39 is 0 Å². The summed E-state index contributed by atoms with van der Waals surface area (Å²) in [5.74, 6) is 0.814. The van der Waals surface area contributed by atoms with Gasteiger partial charge in [-0.15, -0.1) is 0 Å².